The maximum atomic E-state index is 12.1. The number of aryl methyl sites for hydroxylation is 1. The topological polar surface area (TPSA) is 45.2 Å². The number of benzene rings is 1. The lowest BCUT2D eigenvalue weighted by Crippen LogP contribution is -2.30. The van der Waals surface area contributed by atoms with Crippen LogP contribution in [-0.4, -0.2) is 29.4 Å². The van der Waals surface area contributed by atoms with E-state index in [-0.39, 0.29) is 12.5 Å². The third-order valence-corrected chi connectivity index (χ3v) is 4.68. The summed E-state index contributed by atoms with van der Waals surface area (Å²) in [6, 6.07) is 3.07. The van der Waals surface area contributed by atoms with Gasteiger partial charge in [-0.3, -0.25) is 9.69 Å². The molecule has 0 radical (unpaired) electrons. The van der Waals surface area contributed by atoms with E-state index in [4.69, 9.17) is 34.8 Å². The van der Waals surface area contributed by atoms with Crippen LogP contribution in [-0.2, 0) is 11.3 Å². The van der Waals surface area contributed by atoms with Gasteiger partial charge in [0, 0.05) is 16.4 Å². The number of hydrogen-bond donors (Lipinski definition) is 1. The molecule has 1 aromatic carbocycles. The maximum Gasteiger partial charge on any atom is 0.238 e. The molecular weight excluding hydrogens is 365 g/mol. The zero-order valence-electron chi connectivity index (χ0n) is 12.0. The van der Waals surface area contributed by atoms with Gasteiger partial charge in [0.25, 0.3) is 0 Å². The molecule has 0 saturated carbocycles. The van der Waals surface area contributed by atoms with Crippen molar-refractivity contribution in [3.05, 3.63) is 43.3 Å². The van der Waals surface area contributed by atoms with Crippen LogP contribution in [0.4, 0.5) is 5.69 Å². The summed E-state index contributed by atoms with van der Waals surface area (Å²) in [5.74, 6) is -0.198. The Kier molecular flexibility index (Phi) is 6.06. The van der Waals surface area contributed by atoms with Crippen LogP contribution >= 0.6 is 46.1 Å². The van der Waals surface area contributed by atoms with Crippen molar-refractivity contribution in [1.29, 1.82) is 0 Å². The van der Waals surface area contributed by atoms with E-state index in [2.05, 4.69) is 10.3 Å². The Morgan fingerprint density at radius 3 is 2.50 bits per heavy atom. The number of likely N-dealkylation sites (N-methyl/N-ethyl adjacent to an activating group) is 1. The molecule has 118 valence electrons. The molecule has 4 nitrogen and oxygen atoms in total. The van der Waals surface area contributed by atoms with Crippen LogP contribution in [0.2, 0.25) is 15.1 Å². The molecule has 0 saturated heterocycles. The average Bonchev–Trinajstić information content (AvgIpc) is 2.79. The van der Waals surface area contributed by atoms with Gasteiger partial charge in [0.1, 0.15) is 0 Å². The van der Waals surface area contributed by atoms with E-state index in [1.165, 1.54) is 12.1 Å². The summed E-state index contributed by atoms with van der Waals surface area (Å²) in [7, 11) is 1.86. The summed E-state index contributed by atoms with van der Waals surface area (Å²) in [5, 5.41) is 3.76. The van der Waals surface area contributed by atoms with Crippen molar-refractivity contribution in [3.8, 4) is 0 Å². The Morgan fingerprint density at radius 2 is 1.95 bits per heavy atom. The van der Waals surface area contributed by atoms with E-state index in [1.807, 2.05) is 18.9 Å². The average molecular weight is 379 g/mol. The normalized spacial score (nSPS) is 11.0. The number of carbonyl (C=O) groups excluding carboxylic acids is 1. The molecule has 0 unspecified atom stereocenters. The van der Waals surface area contributed by atoms with Gasteiger partial charge in [-0.25, -0.2) is 4.98 Å². The van der Waals surface area contributed by atoms with Crippen LogP contribution in [0.15, 0.2) is 17.6 Å². The standard InChI is InChI=1S/C14H14Cl3N3OS/c1-8-12(22-7-18-8)5-20(2)6-13(21)19-14-10(16)3-9(15)4-11(14)17/h3-4,7H,5-6H2,1-2H3,(H,19,21). The van der Waals surface area contributed by atoms with E-state index in [0.29, 0.717) is 27.3 Å². The molecule has 0 aliphatic heterocycles. The molecule has 0 aliphatic rings. The van der Waals surface area contributed by atoms with E-state index in [1.54, 1.807) is 16.8 Å². The molecular formula is C14H14Cl3N3OS. The van der Waals surface area contributed by atoms with Gasteiger partial charge in [-0.2, -0.15) is 0 Å². The van der Waals surface area contributed by atoms with Gasteiger partial charge in [0.15, 0.2) is 0 Å². The number of nitrogens with one attached hydrogen (secondary N) is 1. The van der Waals surface area contributed by atoms with E-state index >= 15 is 0 Å². The number of halogens is 3. The first-order chi connectivity index (χ1) is 10.4. The molecule has 8 heteroatoms. The lowest BCUT2D eigenvalue weighted by atomic mass is 10.3. The molecule has 2 rings (SSSR count). The van der Waals surface area contributed by atoms with Gasteiger partial charge < -0.3 is 5.32 Å². The fourth-order valence-corrected chi connectivity index (χ4v) is 3.63. The highest BCUT2D eigenvalue weighted by atomic mass is 35.5. The third-order valence-electron chi connectivity index (χ3n) is 2.94. The van der Waals surface area contributed by atoms with Crippen molar-refractivity contribution in [3.63, 3.8) is 0 Å². The van der Waals surface area contributed by atoms with E-state index in [0.717, 1.165) is 10.6 Å². The molecule has 1 N–H and O–H groups in total. The Balaban J connectivity index is 1.97. The minimum absolute atomic E-state index is 0.198. The fraction of sp³-hybridized carbons (Fsp3) is 0.286. The molecule has 22 heavy (non-hydrogen) atoms. The Hall–Kier alpha value is -0.850. The van der Waals surface area contributed by atoms with Crippen LogP contribution in [0.3, 0.4) is 0 Å². The van der Waals surface area contributed by atoms with Crippen LogP contribution in [0.25, 0.3) is 0 Å². The molecule has 1 amide bonds. The molecule has 0 bridgehead atoms. The largest absolute Gasteiger partial charge is 0.322 e. The fourth-order valence-electron chi connectivity index (χ4n) is 1.86. The molecule has 1 heterocycles. The van der Waals surface area contributed by atoms with Crippen LogP contribution in [0.1, 0.15) is 10.6 Å². The molecule has 0 spiro atoms. The van der Waals surface area contributed by atoms with E-state index < -0.39 is 0 Å². The summed E-state index contributed by atoms with van der Waals surface area (Å²) in [4.78, 5) is 19.3. The number of thiazole rings is 1. The van der Waals surface area contributed by atoms with Crippen molar-refractivity contribution in [2.24, 2.45) is 0 Å². The third kappa shape index (κ3) is 4.57. The molecule has 0 atom stereocenters. The predicted molar refractivity (Wildman–Crippen MR) is 93.3 cm³/mol. The molecule has 2 aromatic rings. The first kappa shape index (κ1) is 17.5. The summed E-state index contributed by atoms with van der Waals surface area (Å²) in [6.45, 7) is 2.83. The minimum Gasteiger partial charge on any atom is -0.322 e. The maximum absolute atomic E-state index is 12.1. The van der Waals surface area contributed by atoms with Crippen LogP contribution < -0.4 is 5.32 Å². The number of anilines is 1. The number of amides is 1. The second-order valence-electron chi connectivity index (χ2n) is 4.83. The summed E-state index contributed by atoms with van der Waals surface area (Å²) < 4.78 is 0. The van der Waals surface area contributed by atoms with Gasteiger partial charge in [-0.15, -0.1) is 11.3 Å². The lowest BCUT2D eigenvalue weighted by molar-refractivity contribution is -0.117. The zero-order valence-corrected chi connectivity index (χ0v) is 15.1. The van der Waals surface area contributed by atoms with Crippen molar-refractivity contribution < 1.29 is 4.79 Å². The second-order valence-corrected chi connectivity index (χ2v) is 7.02. The summed E-state index contributed by atoms with van der Waals surface area (Å²) in [5.41, 5.74) is 3.16. The monoisotopic (exact) mass is 377 g/mol. The zero-order chi connectivity index (χ0) is 16.3. The number of nitrogens with zero attached hydrogens (tertiary/aromatic N) is 2. The van der Waals surface area contributed by atoms with Gasteiger partial charge in [0.05, 0.1) is 33.5 Å². The van der Waals surface area contributed by atoms with Crippen LogP contribution in [0.5, 0.6) is 0 Å². The Bertz CT molecular complexity index is 667. The summed E-state index contributed by atoms with van der Waals surface area (Å²) in [6.07, 6.45) is 0. The first-order valence-electron chi connectivity index (χ1n) is 6.38. The number of carbonyl (C=O) groups is 1. The number of rotatable bonds is 5. The van der Waals surface area contributed by atoms with Crippen LogP contribution in [0, 0.1) is 6.92 Å². The molecule has 0 fully saturated rings. The highest BCUT2D eigenvalue weighted by Gasteiger charge is 2.14. The molecule has 1 aromatic heterocycles. The van der Waals surface area contributed by atoms with Crippen molar-refractivity contribution in [1.82, 2.24) is 9.88 Å². The van der Waals surface area contributed by atoms with Crippen molar-refractivity contribution in [2.45, 2.75) is 13.5 Å². The quantitative estimate of drug-likeness (QED) is 0.834. The highest BCUT2D eigenvalue weighted by molar-refractivity contribution is 7.09. The van der Waals surface area contributed by atoms with Gasteiger partial charge >= 0.3 is 0 Å². The minimum atomic E-state index is -0.198. The van der Waals surface area contributed by atoms with Gasteiger partial charge in [-0.05, 0) is 26.1 Å². The summed E-state index contributed by atoms with van der Waals surface area (Å²) >= 11 is 19.5. The predicted octanol–water partition coefficient (Wildman–Crippen LogP) is 4.48. The first-order valence-corrected chi connectivity index (χ1v) is 8.40. The van der Waals surface area contributed by atoms with E-state index in [9.17, 15) is 4.79 Å². The van der Waals surface area contributed by atoms with Gasteiger partial charge in [-0.1, -0.05) is 34.8 Å². The Labute approximate surface area is 148 Å². The number of aromatic nitrogens is 1. The Morgan fingerprint density at radius 1 is 1.32 bits per heavy atom. The van der Waals surface area contributed by atoms with Crippen molar-refractivity contribution >= 4 is 57.7 Å². The SMILES string of the molecule is Cc1ncsc1CN(C)CC(=O)Nc1c(Cl)cc(Cl)cc1Cl. The smallest absolute Gasteiger partial charge is 0.238 e. The van der Waals surface area contributed by atoms with Gasteiger partial charge in [0.2, 0.25) is 5.91 Å². The van der Waals surface area contributed by atoms with Crippen molar-refractivity contribution in [2.75, 3.05) is 18.9 Å². The molecule has 0 aliphatic carbocycles. The highest BCUT2D eigenvalue weighted by Crippen LogP contribution is 2.33. The second kappa shape index (κ2) is 7.62. The number of hydrogen-bond acceptors (Lipinski definition) is 4. The lowest BCUT2D eigenvalue weighted by Gasteiger charge is -2.16.